The highest BCUT2D eigenvalue weighted by atomic mass is 16.6. The number of nitrogens with zero attached hydrogens (tertiary/aromatic N) is 2. The van der Waals surface area contributed by atoms with E-state index in [1.165, 1.54) is 30.2 Å². The lowest BCUT2D eigenvalue weighted by molar-refractivity contribution is -0.385. The van der Waals surface area contributed by atoms with Crippen LogP contribution in [-0.4, -0.2) is 54.5 Å². The molecule has 2 aromatic carbocycles. The molecule has 0 heterocycles. The maximum absolute atomic E-state index is 13.0. The first kappa shape index (κ1) is 25.6. The number of methoxy groups -OCH3 is 1. The number of benzene rings is 2. The van der Waals surface area contributed by atoms with Gasteiger partial charge in [-0.2, -0.15) is 0 Å². The van der Waals surface area contributed by atoms with Crippen molar-refractivity contribution in [2.75, 3.05) is 26.8 Å². The van der Waals surface area contributed by atoms with Crippen LogP contribution in [0.25, 0.3) is 0 Å². The van der Waals surface area contributed by atoms with Gasteiger partial charge >= 0.3 is 5.69 Å². The molecule has 0 spiro atoms. The van der Waals surface area contributed by atoms with Gasteiger partial charge in [-0.15, -0.1) is 0 Å². The summed E-state index contributed by atoms with van der Waals surface area (Å²) < 4.78 is 10.6. The van der Waals surface area contributed by atoms with Crippen molar-refractivity contribution in [1.29, 1.82) is 0 Å². The van der Waals surface area contributed by atoms with Crippen LogP contribution in [0.1, 0.15) is 32.3 Å². The van der Waals surface area contributed by atoms with Crippen LogP contribution in [0.5, 0.6) is 11.5 Å². The first-order chi connectivity index (χ1) is 15.9. The quantitative estimate of drug-likeness (QED) is 0.280. The van der Waals surface area contributed by atoms with Gasteiger partial charge in [-0.1, -0.05) is 43.7 Å². The van der Waals surface area contributed by atoms with Gasteiger partial charge in [0.05, 0.1) is 12.0 Å². The molecule has 0 aliphatic rings. The molecular formula is C24H31N3O6. The highest BCUT2D eigenvalue weighted by molar-refractivity contribution is 5.88. The van der Waals surface area contributed by atoms with Crippen molar-refractivity contribution in [1.82, 2.24) is 10.2 Å². The van der Waals surface area contributed by atoms with E-state index in [1.54, 1.807) is 6.92 Å². The Bertz CT molecular complexity index is 935. The van der Waals surface area contributed by atoms with E-state index >= 15 is 0 Å². The first-order valence-electron chi connectivity index (χ1n) is 10.9. The maximum Gasteiger partial charge on any atom is 0.311 e. The van der Waals surface area contributed by atoms with Gasteiger partial charge in [-0.3, -0.25) is 19.7 Å². The second kappa shape index (κ2) is 13.0. The van der Waals surface area contributed by atoms with Gasteiger partial charge < -0.3 is 19.7 Å². The van der Waals surface area contributed by atoms with E-state index < -0.39 is 11.0 Å². The van der Waals surface area contributed by atoms with Crippen LogP contribution >= 0.6 is 0 Å². The van der Waals surface area contributed by atoms with Crippen LogP contribution in [0.3, 0.4) is 0 Å². The molecule has 0 saturated carbocycles. The van der Waals surface area contributed by atoms with E-state index in [2.05, 4.69) is 5.32 Å². The van der Waals surface area contributed by atoms with Crippen molar-refractivity contribution in [3.05, 3.63) is 64.2 Å². The van der Waals surface area contributed by atoms with E-state index in [0.29, 0.717) is 19.5 Å². The number of amides is 2. The second-order valence-corrected chi connectivity index (χ2v) is 7.52. The predicted octanol–water partition coefficient (Wildman–Crippen LogP) is 3.36. The van der Waals surface area contributed by atoms with Crippen LogP contribution in [0.2, 0.25) is 0 Å². The van der Waals surface area contributed by atoms with E-state index in [-0.39, 0.29) is 35.6 Å². The van der Waals surface area contributed by atoms with E-state index in [0.717, 1.165) is 18.4 Å². The number of carbonyl (C=O) groups is 2. The fourth-order valence-corrected chi connectivity index (χ4v) is 3.23. The highest BCUT2D eigenvalue weighted by Gasteiger charge is 2.26. The average Bonchev–Trinajstić information content (AvgIpc) is 2.83. The van der Waals surface area contributed by atoms with E-state index in [1.807, 2.05) is 37.3 Å². The summed E-state index contributed by atoms with van der Waals surface area (Å²) in [5, 5.41) is 13.9. The van der Waals surface area contributed by atoms with Gasteiger partial charge in [0, 0.05) is 25.2 Å². The minimum absolute atomic E-state index is 0.0366. The summed E-state index contributed by atoms with van der Waals surface area (Å²) in [4.78, 5) is 37.6. The van der Waals surface area contributed by atoms with E-state index in [9.17, 15) is 19.7 Å². The van der Waals surface area contributed by atoms with Gasteiger partial charge in [-0.05, 0) is 31.4 Å². The Morgan fingerprint density at radius 1 is 1.18 bits per heavy atom. The maximum atomic E-state index is 13.0. The molecule has 2 aromatic rings. The summed E-state index contributed by atoms with van der Waals surface area (Å²) in [5.41, 5.74) is 0.855. The third kappa shape index (κ3) is 7.78. The molecule has 178 valence electrons. The fraction of sp³-hybridized carbons (Fsp3) is 0.417. The monoisotopic (exact) mass is 457 g/mol. The van der Waals surface area contributed by atoms with E-state index in [4.69, 9.17) is 9.47 Å². The van der Waals surface area contributed by atoms with Crippen molar-refractivity contribution in [2.45, 2.75) is 39.2 Å². The molecule has 0 saturated heterocycles. The summed E-state index contributed by atoms with van der Waals surface area (Å²) in [7, 11) is 1.32. The number of hydrogen-bond acceptors (Lipinski definition) is 6. The van der Waals surface area contributed by atoms with Crippen LogP contribution < -0.4 is 14.8 Å². The normalized spacial score (nSPS) is 11.4. The summed E-state index contributed by atoms with van der Waals surface area (Å²) in [6.45, 7) is 4.31. The van der Waals surface area contributed by atoms with Crippen LogP contribution in [0, 0.1) is 10.1 Å². The van der Waals surface area contributed by atoms with Crippen molar-refractivity contribution in [3.8, 4) is 11.5 Å². The number of rotatable bonds is 13. The molecule has 0 aromatic heterocycles. The summed E-state index contributed by atoms with van der Waals surface area (Å²) in [6.07, 6.45) is 2.41. The Labute approximate surface area is 193 Å². The Kier molecular flexibility index (Phi) is 10.1. The molecule has 1 atom stereocenters. The van der Waals surface area contributed by atoms with Gasteiger partial charge in [0.15, 0.2) is 6.61 Å². The summed E-state index contributed by atoms with van der Waals surface area (Å²) in [5.74, 6) is -0.285. The average molecular weight is 458 g/mol. The Balaban J connectivity index is 2.09. The van der Waals surface area contributed by atoms with Crippen molar-refractivity contribution >= 4 is 17.5 Å². The second-order valence-electron chi connectivity index (χ2n) is 7.52. The van der Waals surface area contributed by atoms with Crippen molar-refractivity contribution in [2.24, 2.45) is 0 Å². The zero-order valence-electron chi connectivity index (χ0n) is 19.3. The lowest BCUT2D eigenvalue weighted by Crippen LogP contribution is -2.50. The minimum Gasteiger partial charge on any atom is -0.490 e. The fourth-order valence-electron chi connectivity index (χ4n) is 3.23. The molecular weight excluding hydrogens is 426 g/mol. The zero-order valence-corrected chi connectivity index (χ0v) is 19.3. The van der Waals surface area contributed by atoms with Gasteiger partial charge in [0.2, 0.25) is 11.7 Å². The molecule has 0 bridgehead atoms. The Morgan fingerprint density at radius 3 is 2.55 bits per heavy atom. The third-order valence-electron chi connectivity index (χ3n) is 5.19. The molecule has 2 amide bonds. The topological polar surface area (TPSA) is 111 Å². The summed E-state index contributed by atoms with van der Waals surface area (Å²) in [6, 6.07) is 13.1. The standard InChI is InChI=1S/C24H31N3O6/c1-4-5-14-25-24(29)18(2)26(15-13-19-9-7-6-8-10-19)23(28)17-33-20-11-12-21(27(30)31)22(16-20)32-3/h6-12,16,18H,4-5,13-15,17H2,1-3H3,(H,25,29)/t18-/m1/s1. The van der Waals surface area contributed by atoms with Crippen LogP contribution in [0.15, 0.2) is 48.5 Å². The first-order valence-corrected chi connectivity index (χ1v) is 10.9. The SMILES string of the molecule is CCCCNC(=O)[C@@H](C)N(CCc1ccccc1)C(=O)COc1ccc([N+](=O)[O-])c(OC)c1. The number of nitrogens with one attached hydrogen (secondary N) is 1. The number of carbonyl (C=O) groups excluding carboxylic acids is 2. The lowest BCUT2D eigenvalue weighted by atomic mass is 10.1. The molecule has 1 N–H and O–H groups in total. The van der Waals surface area contributed by atoms with Gasteiger partial charge in [-0.25, -0.2) is 0 Å². The van der Waals surface area contributed by atoms with Gasteiger partial charge in [0.1, 0.15) is 11.8 Å². The van der Waals surface area contributed by atoms with Crippen molar-refractivity contribution < 1.29 is 24.0 Å². The summed E-state index contributed by atoms with van der Waals surface area (Å²) >= 11 is 0. The van der Waals surface area contributed by atoms with Crippen LogP contribution in [0.4, 0.5) is 5.69 Å². The van der Waals surface area contributed by atoms with Crippen molar-refractivity contribution in [3.63, 3.8) is 0 Å². The molecule has 0 aliphatic heterocycles. The molecule has 33 heavy (non-hydrogen) atoms. The molecule has 0 unspecified atom stereocenters. The minimum atomic E-state index is -0.673. The number of unbranched alkanes of at least 4 members (excludes halogenated alkanes) is 1. The van der Waals surface area contributed by atoms with Gasteiger partial charge in [0.25, 0.3) is 5.91 Å². The van der Waals surface area contributed by atoms with Crippen LogP contribution in [-0.2, 0) is 16.0 Å². The predicted molar refractivity (Wildman–Crippen MR) is 124 cm³/mol. The largest absolute Gasteiger partial charge is 0.490 e. The molecule has 9 nitrogen and oxygen atoms in total. The molecule has 0 aliphatic carbocycles. The lowest BCUT2D eigenvalue weighted by Gasteiger charge is -2.28. The molecule has 2 rings (SSSR count). The number of nitro benzene ring substituents is 1. The zero-order chi connectivity index (χ0) is 24.2. The third-order valence-corrected chi connectivity index (χ3v) is 5.19. The molecule has 9 heteroatoms. The molecule has 0 radical (unpaired) electrons. The number of hydrogen-bond donors (Lipinski definition) is 1. The molecule has 0 fully saturated rings. The smallest absolute Gasteiger partial charge is 0.311 e. The highest BCUT2D eigenvalue weighted by Crippen LogP contribution is 2.30. The Morgan fingerprint density at radius 2 is 1.91 bits per heavy atom. The Hall–Kier alpha value is -3.62. The number of nitro groups is 1. The number of ether oxygens (including phenoxy) is 2.